The summed E-state index contributed by atoms with van der Waals surface area (Å²) in [5.74, 6) is 2.23. The van der Waals surface area contributed by atoms with Crippen LogP contribution in [0.3, 0.4) is 0 Å². The summed E-state index contributed by atoms with van der Waals surface area (Å²) in [7, 11) is 4.01. The van der Waals surface area contributed by atoms with Crippen LogP contribution in [-0.2, 0) is 18.8 Å². The molecule has 0 amide bonds. The van der Waals surface area contributed by atoms with Gasteiger partial charge in [-0.1, -0.05) is 0 Å². The van der Waals surface area contributed by atoms with E-state index in [9.17, 15) is 0 Å². The third-order valence-corrected chi connectivity index (χ3v) is 5.69. The molecule has 0 N–H and O–H groups in total. The van der Waals surface area contributed by atoms with Gasteiger partial charge < -0.3 is 14.2 Å². The average Bonchev–Trinajstić information content (AvgIpc) is 3.25. The highest BCUT2D eigenvalue weighted by Crippen LogP contribution is 2.35. The van der Waals surface area contributed by atoms with Gasteiger partial charge in [0.15, 0.2) is 0 Å². The first kappa shape index (κ1) is 16.7. The van der Waals surface area contributed by atoms with Crippen molar-refractivity contribution >= 4 is 0 Å². The Morgan fingerprint density at radius 3 is 2.72 bits per heavy atom. The lowest BCUT2D eigenvalue weighted by atomic mass is 9.89. The first-order valence-electron chi connectivity index (χ1n) is 9.37. The van der Waals surface area contributed by atoms with E-state index in [1.165, 1.54) is 12.0 Å². The minimum Gasteiger partial charge on any atom is -0.373 e. The van der Waals surface area contributed by atoms with Gasteiger partial charge in [-0.15, -0.1) is 10.2 Å². The Labute approximate surface area is 149 Å². The van der Waals surface area contributed by atoms with E-state index < -0.39 is 0 Å². The van der Waals surface area contributed by atoms with Crippen molar-refractivity contribution < 1.29 is 4.74 Å². The highest BCUT2D eigenvalue weighted by molar-refractivity contribution is 5.10. The van der Waals surface area contributed by atoms with Crippen molar-refractivity contribution in [2.75, 3.05) is 26.2 Å². The molecule has 25 heavy (non-hydrogen) atoms. The highest BCUT2D eigenvalue weighted by Gasteiger charge is 2.32. The largest absolute Gasteiger partial charge is 0.373 e. The van der Waals surface area contributed by atoms with Gasteiger partial charge in [0.1, 0.15) is 12.2 Å². The molecule has 4 heterocycles. The lowest BCUT2D eigenvalue weighted by Crippen LogP contribution is -2.40. The molecule has 4 rings (SSSR count). The smallest absolute Gasteiger partial charge is 0.135 e. The van der Waals surface area contributed by atoms with E-state index in [1.54, 1.807) is 6.33 Å². The Balaban J connectivity index is 1.36. The third-order valence-electron chi connectivity index (χ3n) is 5.69. The van der Waals surface area contributed by atoms with Crippen LogP contribution in [-0.4, -0.2) is 55.7 Å². The summed E-state index contributed by atoms with van der Waals surface area (Å²) in [6.45, 7) is 4.25. The third kappa shape index (κ3) is 3.62. The molecule has 0 aliphatic carbocycles. The second-order valence-electron chi connectivity index (χ2n) is 7.52. The molecule has 7 nitrogen and oxygen atoms in total. The quantitative estimate of drug-likeness (QED) is 0.848. The van der Waals surface area contributed by atoms with Crippen LogP contribution >= 0.6 is 0 Å². The van der Waals surface area contributed by atoms with Gasteiger partial charge in [0.05, 0.1) is 12.3 Å². The van der Waals surface area contributed by atoms with Crippen molar-refractivity contribution in [3.63, 3.8) is 0 Å². The molecular formula is C18H28N6O. The molecule has 136 valence electrons. The maximum atomic E-state index is 6.13. The van der Waals surface area contributed by atoms with Gasteiger partial charge in [0, 0.05) is 50.8 Å². The molecule has 2 aliphatic rings. The predicted molar refractivity (Wildman–Crippen MR) is 94.0 cm³/mol. The Morgan fingerprint density at radius 1 is 1.20 bits per heavy atom. The monoisotopic (exact) mass is 344 g/mol. The molecule has 2 saturated heterocycles. The van der Waals surface area contributed by atoms with Crippen molar-refractivity contribution in [3.05, 3.63) is 30.1 Å². The average molecular weight is 344 g/mol. The molecule has 2 aliphatic heterocycles. The maximum absolute atomic E-state index is 6.13. The minimum atomic E-state index is 0.193. The van der Waals surface area contributed by atoms with Crippen LogP contribution in [0, 0.1) is 5.92 Å². The molecule has 2 aromatic rings. The van der Waals surface area contributed by atoms with Crippen LogP contribution in [0.1, 0.15) is 49.1 Å². The summed E-state index contributed by atoms with van der Waals surface area (Å²) in [5, 5.41) is 12.7. The molecule has 2 atom stereocenters. The minimum absolute atomic E-state index is 0.193. The van der Waals surface area contributed by atoms with E-state index in [4.69, 9.17) is 4.74 Å². The standard InChI is InChI=1S/C18H28N6O/c1-22-13-19-21-18(22)14-5-7-24(8-6-14)12-15-4-3-9-25-17(15)16-10-20-23(2)11-16/h10-11,13-15,17H,3-9,12H2,1-2H3/t15-,17+/m0/s1. The van der Waals surface area contributed by atoms with Gasteiger partial charge >= 0.3 is 0 Å². The Bertz CT molecular complexity index is 687. The normalized spacial score (nSPS) is 26.2. The summed E-state index contributed by atoms with van der Waals surface area (Å²) in [4.78, 5) is 2.61. The molecule has 0 spiro atoms. The molecule has 0 aromatic carbocycles. The second kappa shape index (κ2) is 7.25. The van der Waals surface area contributed by atoms with Crippen molar-refractivity contribution in [2.24, 2.45) is 20.0 Å². The number of hydrogen-bond acceptors (Lipinski definition) is 5. The molecular weight excluding hydrogens is 316 g/mol. The summed E-state index contributed by atoms with van der Waals surface area (Å²) in [6, 6.07) is 0. The Hall–Kier alpha value is -1.73. The number of aromatic nitrogens is 5. The van der Waals surface area contributed by atoms with Crippen LogP contribution in [0.25, 0.3) is 0 Å². The number of rotatable bonds is 4. The zero-order valence-electron chi connectivity index (χ0n) is 15.2. The summed E-state index contributed by atoms with van der Waals surface area (Å²) < 4.78 is 10.1. The first-order valence-corrected chi connectivity index (χ1v) is 9.37. The van der Waals surface area contributed by atoms with Gasteiger partial charge in [0.2, 0.25) is 0 Å². The van der Waals surface area contributed by atoms with E-state index in [2.05, 4.69) is 31.0 Å². The Kier molecular flexibility index (Phi) is 4.85. The topological polar surface area (TPSA) is 61.0 Å². The van der Waals surface area contributed by atoms with E-state index in [-0.39, 0.29) is 6.10 Å². The summed E-state index contributed by atoms with van der Waals surface area (Å²) in [6.07, 6.45) is 10.8. The van der Waals surface area contributed by atoms with Gasteiger partial charge in [-0.25, -0.2) is 0 Å². The van der Waals surface area contributed by atoms with Crippen molar-refractivity contribution in [3.8, 4) is 0 Å². The fraction of sp³-hybridized carbons (Fsp3) is 0.722. The molecule has 2 fully saturated rings. The van der Waals surface area contributed by atoms with E-state index in [0.29, 0.717) is 11.8 Å². The molecule has 0 radical (unpaired) electrons. The van der Waals surface area contributed by atoms with E-state index >= 15 is 0 Å². The Morgan fingerprint density at radius 2 is 2.04 bits per heavy atom. The SMILES string of the molecule is Cn1cc([C@@H]2OCCC[C@H]2CN2CCC(c3nncn3C)CC2)cn1. The highest BCUT2D eigenvalue weighted by atomic mass is 16.5. The zero-order chi connectivity index (χ0) is 17.2. The number of hydrogen-bond donors (Lipinski definition) is 0. The molecule has 2 aromatic heterocycles. The lowest BCUT2D eigenvalue weighted by molar-refractivity contribution is -0.0409. The number of likely N-dealkylation sites (tertiary alicyclic amines) is 1. The molecule has 0 unspecified atom stereocenters. The fourth-order valence-electron chi connectivity index (χ4n) is 4.35. The summed E-state index contributed by atoms with van der Waals surface area (Å²) in [5.41, 5.74) is 1.22. The van der Waals surface area contributed by atoms with Gasteiger partial charge in [0.25, 0.3) is 0 Å². The van der Waals surface area contributed by atoms with Crippen LogP contribution < -0.4 is 0 Å². The van der Waals surface area contributed by atoms with Crippen molar-refractivity contribution in [1.29, 1.82) is 0 Å². The second-order valence-corrected chi connectivity index (χ2v) is 7.52. The number of nitrogens with zero attached hydrogens (tertiary/aromatic N) is 6. The summed E-state index contributed by atoms with van der Waals surface area (Å²) >= 11 is 0. The zero-order valence-corrected chi connectivity index (χ0v) is 15.2. The number of piperidine rings is 1. The van der Waals surface area contributed by atoms with E-state index in [0.717, 1.165) is 51.3 Å². The predicted octanol–water partition coefficient (Wildman–Crippen LogP) is 1.90. The van der Waals surface area contributed by atoms with Crippen LogP contribution in [0.2, 0.25) is 0 Å². The maximum Gasteiger partial charge on any atom is 0.135 e. The van der Waals surface area contributed by atoms with Crippen molar-refractivity contribution in [1.82, 2.24) is 29.4 Å². The van der Waals surface area contributed by atoms with Gasteiger partial charge in [-0.2, -0.15) is 5.10 Å². The fourth-order valence-corrected chi connectivity index (χ4v) is 4.35. The van der Waals surface area contributed by atoms with Crippen LogP contribution in [0.15, 0.2) is 18.7 Å². The molecule has 7 heteroatoms. The molecule has 0 saturated carbocycles. The van der Waals surface area contributed by atoms with Crippen LogP contribution in [0.4, 0.5) is 0 Å². The van der Waals surface area contributed by atoms with E-state index in [1.807, 2.05) is 25.0 Å². The molecule has 0 bridgehead atoms. The lowest BCUT2D eigenvalue weighted by Gasteiger charge is -2.38. The van der Waals surface area contributed by atoms with Gasteiger partial charge in [-0.05, 0) is 38.8 Å². The first-order chi connectivity index (χ1) is 12.2. The number of ether oxygens (including phenoxy) is 1. The van der Waals surface area contributed by atoms with Crippen LogP contribution in [0.5, 0.6) is 0 Å². The van der Waals surface area contributed by atoms with Gasteiger partial charge in [-0.3, -0.25) is 4.68 Å². The van der Waals surface area contributed by atoms with Crippen molar-refractivity contribution in [2.45, 2.75) is 37.7 Å². The number of aryl methyl sites for hydroxylation is 2.